The van der Waals surface area contributed by atoms with Gasteiger partial charge in [-0.2, -0.15) is 10.1 Å². The number of aromatic nitrogens is 4. The number of hydrogen-bond acceptors (Lipinski definition) is 5. The van der Waals surface area contributed by atoms with Gasteiger partial charge in [0.15, 0.2) is 0 Å². The lowest BCUT2D eigenvalue weighted by Gasteiger charge is -2.21. The van der Waals surface area contributed by atoms with Crippen molar-refractivity contribution >= 4 is 11.7 Å². The molecule has 1 amide bonds. The van der Waals surface area contributed by atoms with E-state index < -0.39 is 0 Å². The molecule has 0 atom stereocenters. The molecule has 1 N–H and O–H groups in total. The predicted molar refractivity (Wildman–Crippen MR) is 68.8 cm³/mol. The van der Waals surface area contributed by atoms with Crippen LogP contribution in [0.4, 0.5) is 0 Å². The number of nitrogens with zero attached hydrogens (tertiary/aromatic N) is 5. The normalized spacial score (nSPS) is 10.9. The van der Waals surface area contributed by atoms with Gasteiger partial charge in [0.1, 0.15) is 6.33 Å². The van der Waals surface area contributed by atoms with Crippen LogP contribution in [0, 0.1) is 6.92 Å². The van der Waals surface area contributed by atoms with Gasteiger partial charge < -0.3 is 10.0 Å². The van der Waals surface area contributed by atoms with E-state index in [1.165, 1.54) is 12.5 Å². The average molecular weight is 263 g/mol. The maximum Gasteiger partial charge on any atom is 0.257 e. The maximum absolute atomic E-state index is 12.4. The Hall–Kier alpha value is -2.02. The van der Waals surface area contributed by atoms with E-state index in [-0.39, 0.29) is 12.5 Å². The van der Waals surface area contributed by atoms with Crippen LogP contribution in [0.3, 0.4) is 0 Å². The van der Waals surface area contributed by atoms with Gasteiger partial charge in [-0.15, -0.1) is 0 Å². The molecule has 2 aromatic heterocycles. The topological polar surface area (TPSA) is 83.6 Å². The predicted octanol–water partition coefficient (Wildman–Crippen LogP) is 0.277. The van der Waals surface area contributed by atoms with E-state index in [2.05, 4.69) is 15.1 Å². The van der Waals surface area contributed by atoms with Gasteiger partial charge in [0.05, 0.1) is 11.3 Å². The fourth-order valence-corrected chi connectivity index (χ4v) is 1.94. The summed E-state index contributed by atoms with van der Waals surface area (Å²) in [4.78, 5) is 22.2. The van der Waals surface area contributed by atoms with Crippen LogP contribution < -0.4 is 0 Å². The Balaban J connectivity index is 2.31. The maximum atomic E-state index is 12.4. The van der Waals surface area contributed by atoms with Gasteiger partial charge in [0.25, 0.3) is 11.7 Å². The van der Waals surface area contributed by atoms with Gasteiger partial charge in [-0.25, -0.2) is 9.50 Å². The smallest absolute Gasteiger partial charge is 0.257 e. The first-order valence-electron chi connectivity index (χ1n) is 6.24. The zero-order valence-electron chi connectivity index (χ0n) is 11.1. The number of aliphatic hydroxyl groups is 1. The molecule has 19 heavy (non-hydrogen) atoms. The highest BCUT2D eigenvalue weighted by molar-refractivity contribution is 5.95. The average Bonchev–Trinajstić information content (AvgIpc) is 2.89. The highest BCUT2D eigenvalue weighted by Gasteiger charge is 2.18. The van der Waals surface area contributed by atoms with Crippen molar-refractivity contribution in [3.63, 3.8) is 0 Å². The summed E-state index contributed by atoms with van der Waals surface area (Å²) in [5.41, 5.74) is 1.23. The molecule has 0 aromatic carbocycles. The third-order valence-electron chi connectivity index (χ3n) is 3.03. The molecule has 0 aliphatic rings. The van der Waals surface area contributed by atoms with Crippen LogP contribution in [0.1, 0.15) is 29.4 Å². The van der Waals surface area contributed by atoms with Crippen LogP contribution in [0.15, 0.2) is 12.5 Å². The Morgan fingerprint density at radius 1 is 1.47 bits per heavy atom. The third kappa shape index (κ3) is 2.55. The Labute approximate surface area is 110 Å². The summed E-state index contributed by atoms with van der Waals surface area (Å²) in [7, 11) is 0. The SMILES string of the molecule is CCN(CCCO)C(=O)c1cnc2ncnn2c1C. The number of rotatable bonds is 5. The number of amides is 1. The summed E-state index contributed by atoms with van der Waals surface area (Å²) in [6.45, 7) is 4.92. The van der Waals surface area contributed by atoms with E-state index in [4.69, 9.17) is 5.11 Å². The van der Waals surface area contributed by atoms with Crippen molar-refractivity contribution in [1.82, 2.24) is 24.5 Å². The summed E-state index contributed by atoms with van der Waals surface area (Å²) in [5.74, 6) is 0.380. The van der Waals surface area contributed by atoms with Crippen LogP contribution >= 0.6 is 0 Å². The van der Waals surface area contributed by atoms with Crippen molar-refractivity contribution in [2.75, 3.05) is 19.7 Å². The Morgan fingerprint density at radius 2 is 2.26 bits per heavy atom. The van der Waals surface area contributed by atoms with Crippen molar-refractivity contribution in [3.8, 4) is 0 Å². The van der Waals surface area contributed by atoms with Crippen LogP contribution in [-0.2, 0) is 0 Å². The van der Waals surface area contributed by atoms with Gasteiger partial charge >= 0.3 is 0 Å². The molecule has 7 nitrogen and oxygen atoms in total. The van der Waals surface area contributed by atoms with Crippen LogP contribution in [0.25, 0.3) is 5.78 Å². The fourth-order valence-electron chi connectivity index (χ4n) is 1.94. The van der Waals surface area contributed by atoms with E-state index in [1.54, 1.807) is 9.42 Å². The van der Waals surface area contributed by atoms with E-state index in [9.17, 15) is 4.79 Å². The second-order valence-electron chi connectivity index (χ2n) is 4.19. The molecule has 0 unspecified atom stereocenters. The molecule has 2 aromatic rings. The number of hydrogen-bond donors (Lipinski definition) is 1. The Kier molecular flexibility index (Phi) is 4.06. The van der Waals surface area contributed by atoms with Crippen LogP contribution in [0.5, 0.6) is 0 Å². The molecule has 0 saturated heterocycles. The monoisotopic (exact) mass is 263 g/mol. The van der Waals surface area contributed by atoms with E-state index in [0.29, 0.717) is 30.9 Å². The lowest BCUT2D eigenvalue weighted by Crippen LogP contribution is -2.33. The Bertz CT molecular complexity index is 581. The number of fused-ring (bicyclic) bond motifs is 1. The number of carbonyl (C=O) groups is 1. The highest BCUT2D eigenvalue weighted by atomic mass is 16.3. The molecule has 0 fully saturated rings. The molecule has 0 radical (unpaired) electrons. The molecule has 0 bridgehead atoms. The first-order valence-corrected chi connectivity index (χ1v) is 6.24. The minimum absolute atomic E-state index is 0.0725. The lowest BCUT2D eigenvalue weighted by atomic mass is 10.2. The van der Waals surface area contributed by atoms with E-state index in [1.807, 2.05) is 13.8 Å². The summed E-state index contributed by atoms with van der Waals surface area (Å²) in [5, 5.41) is 12.9. The van der Waals surface area contributed by atoms with Crippen molar-refractivity contribution in [2.24, 2.45) is 0 Å². The summed E-state index contributed by atoms with van der Waals surface area (Å²) >= 11 is 0. The van der Waals surface area contributed by atoms with E-state index >= 15 is 0 Å². The molecule has 7 heteroatoms. The molecule has 0 aliphatic heterocycles. The third-order valence-corrected chi connectivity index (χ3v) is 3.03. The van der Waals surface area contributed by atoms with Gasteiger partial charge in [-0.05, 0) is 20.3 Å². The zero-order chi connectivity index (χ0) is 13.8. The highest BCUT2D eigenvalue weighted by Crippen LogP contribution is 2.11. The van der Waals surface area contributed by atoms with Crippen molar-refractivity contribution < 1.29 is 9.90 Å². The quantitative estimate of drug-likeness (QED) is 0.837. The molecule has 2 rings (SSSR count). The largest absolute Gasteiger partial charge is 0.396 e. The summed E-state index contributed by atoms with van der Waals surface area (Å²) < 4.78 is 1.55. The van der Waals surface area contributed by atoms with Crippen LogP contribution in [-0.4, -0.2) is 55.2 Å². The second-order valence-corrected chi connectivity index (χ2v) is 4.19. The van der Waals surface area contributed by atoms with Crippen molar-refractivity contribution in [2.45, 2.75) is 20.3 Å². The first-order chi connectivity index (χ1) is 9.19. The molecular formula is C12H17N5O2. The van der Waals surface area contributed by atoms with Gasteiger partial charge in [0.2, 0.25) is 0 Å². The van der Waals surface area contributed by atoms with Gasteiger partial charge in [-0.3, -0.25) is 4.79 Å². The van der Waals surface area contributed by atoms with Crippen molar-refractivity contribution in [1.29, 1.82) is 0 Å². The van der Waals surface area contributed by atoms with Gasteiger partial charge in [0, 0.05) is 25.9 Å². The number of aliphatic hydroxyl groups excluding tert-OH is 1. The van der Waals surface area contributed by atoms with Gasteiger partial charge in [-0.1, -0.05) is 0 Å². The molecule has 2 heterocycles. The second kappa shape index (κ2) is 5.75. The first kappa shape index (κ1) is 13.4. The number of aryl methyl sites for hydroxylation is 1. The molecule has 0 aliphatic carbocycles. The van der Waals surface area contributed by atoms with Crippen LogP contribution in [0.2, 0.25) is 0 Å². The Morgan fingerprint density at radius 3 is 2.95 bits per heavy atom. The minimum atomic E-state index is -0.0987. The van der Waals surface area contributed by atoms with Crippen molar-refractivity contribution in [3.05, 3.63) is 23.8 Å². The molecule has 0 saturated carbocycles. The number of carbonyl (C=O) groups excluding carboxylic acids is 1. The summed E-state index contributed by atoms with van der Waals surface area (Å²) in [6.07, 6.45) is 3.51. The minimum Gasteiger partial charge on any atom is -0.396 e. The standard InChI is InChI=1S/C12H17N5O2/c1-3-16(5-4-6-18)11(19)10-7-13-12-14-8-15-17(12)9(10)2/h7-8,18H,3-6H2,1-2H3. The molecule has 102 valence electrons. The molecular weight excluding hydrogens is 246 g/mol. The fraction of sp³-hybridized carbons (Fsp3) is 0.500. The summed E-state index contributed by atoms with van der Waals surface area (Å²) in [6, 6.07) is 0. The lowest BCUT2D eigenvalue weighted by molar-refractivity contribution is 0.0752. The zero-order valence-corrected chi connectivity index (χ0v) is 11.1. The molecule has 0 spiro atoms. The van der Waals surface area contributed by atoms with E-state index in [0.717, 1.165) is 5.69 Å².